The number of ether oxygens (including phenoxy) is 2. The Labute approximate surface area is 122 Å². The van der Waals surface area contributed by atoms with E-state index in [1.165, 1.54) is 6.33 Å². The summed E-state index contributed by atoms with van der Waals surface area (Å²) in [5, 5.41) is 3.79. The molecule has 0 amide bonds. The molecule has 0 saturated carbocycles. The highest BCUT2D eigenvalue weighted by atomic mass is 35.5. The van der Waals surface area contributed by atoms with Gasteiger partial charge in [0, 0.05) is 11.6 Å². The highest BCUT2D eigenvalue weighted by Gasteiger charge is 2.14. The topological polar surface area (TPSA) is 56.3 Å². The van der Waals surface area contributed by atoms with Crippen LogP contribution in [-0.4, -0.2) is 23.6 Å². The molecule has 1 heterocycles. The molecule has 0 unspecified atom stereocenters. The summed E-state index contributed by atoms with van der Waals surface area (Å²) in [5.74, 6) is 2.08. The lowest BCUT2D eigenvalue weighted by atomic mass is 10.2. The van der Waals surface area contributed by atoms with E-state index in [0.29, 0.717) is 28.2 Å². The number of halogens is 1. The third-order valence-corrected chi connectivity index (χ3v) is 3.09. The van der Waals surface area contributed by atoms with E-state index >= 15 is 0 Å². The quantitative estimate of drug-likeness (QED) is 0.911. The van der Waals surface area contributed by atoms with Crippen LogP contribution in [0.2, 0.25) is 5.02 Å². The summed E-state index contributed by atoms with van der Waals surface area (Å²) in [5.41, 5.74) is 0.934. The van der Waals surface area contributed by atoms with Crippen LogP contribution in [0.25, 0.3) is 0 Å². The maximum atomic E-state index is 5.99. The molecular weight excluding hydrogens is 278 g/mol. The average Bonchev–Trinajstić information content (AvgIpc) is 2.44. The number of benzene rings is 1. The highest BCUT2D eigenvalue weighted by molar-refractivity contribution is 6.31. The highest BCUT2D eigenvalue weighted by Crippen LogP contribution is 2.34. The minimum absolute atomic E-state index is 0.361. The molecule has 0 fully saturated rings. The molecule has 0 aliphatic carbocycles. The van der Waals surface area contributed by atoms with Gasteiger partial charge in [0.15, 0.2) is 5.82 Å². The minimum atomic E-state index is 0.361. The van der Waals surface area contributed by atoms with E-state index in [0.717, 1.165) is 12.1 Å². The van der Waals surface area contributed by atoms with Crippen LogP contribution >= 0.6 is 11.6 Å². The van der Waals surface area contributed by atoms with Crippen LogP contribution in [0.5, 0.6) is 17.4 Å². The van der Waals surface area contributed by atoms with Gasteiger partial charge in [-0.05, 0) is 37.6 Å². The molecule has 0 aliphatic heterocycles. The van der Waals surface area contributed by atoms with Gasteiger partial charge in [0.05, 0.1) is 7.11 Å². The van der Waals surface area contributed by atoms with Gasteiger partial charge in [-0.25, -0.2) is 4.98 Å². The molecule has 0 aliphatic rings. The van der Waals surface area contributed by atoms with E-state index in [1.54, 1.807) is 19.2 Å². The van der Waals surface area contributed by atoms with Gasteiger partial charge < -0.3 is 14.8 Å². The SMILES string of the molecule is CCNc1ncnc(Oc2ccc(Cl)c(C)c2)c1OC. The molecule has 0 radical (unpaired) electrons. The first-order chi connectivity index (χ1) is 9.65. The number of rotatable bonds is 5. The maximum absolute atomic E-state index is 5.99. The Balaban J connectivity index is 2.32. The summed E-state index contributed by atoms with van der Waals surface area (Å²) in [6.45, 7) is 4.62. The number of hydrogen-bond acceptors (Lipinski definition) is 5. The van der Waals surface area contributed by atoms with Gasteiger partial charge >= 0.3 is 0 Å². The third kappa shape index (κ3) is 3.11. The molecule has 0 bridgehead atoms. The van der Waals surface area contributed by atoms with Crippen LogP contribution in [0.1, 0.15) is 12.5 Å². The smallest absolute Gasteiger partial charge is 0.268 e. The van der Waals surface area contributed by atoms with Gasteiger partial charge in [0.25, 0.3) is 5.88 Å². The fourth-order valence-electron chi connectivity index (χ4n) is 1.70. The molecule has 1 aromatic heterocycles. The summed E-state index contributed by atoms with van der Waals surface area (Å²) in [6, 6.07) is 5.41. The van der Waals surface area contributed by atoms with Gasteiger partial charge in [-0.15, -0.1) is 0 Å². The van der Waals surface area contributed by atoms with Crippen molar-refractivity contribution in [2.75, 3.05) is 19.0 Å². The van der Waals surface area contributed by atoms with E-state index in [1.807, 2.05) is 19.9 Å². The predicted molar refractivity (Wildman–Crippen MR) is 79.0 cm³/mol. The van der Waals surface area contributed by atoms with Crippen molar-refractivity contribution in [2.24, 2.45) is 0 Å². The first kappa shape index (κ1) is 14.4. The minimum Gasteiger partial charge on any atom is -0.489 e. The zero-order chi connectivity index (χ0) is 14.5. The largest absolute Gasteiger partial charge is 0.489 e. The van der Waals surface area contributed by atoms with Crippen LogP contribution in [0, 0.1) is 6.92 Å². The Morgan fingerprint density at radius 3 is 2.75 bits per heavy atom. The van der Waals surface area contributed by atoms with Crippen molar-refractivity contribution in [3.8, 4) is 17.4 Å². The number of methoxy groups -OCH3 is 1. The lowest BCUT2D eigenvalue weighted by Gasteiger charge is -2.13. The normalized spacial score (nSPS) is 10.2. The summed E-state index contributed by atoms with van der Waals surface area (Å²) < 4.78 is 11.1. The Kier molecular flexibility index (Phi) is 4.63. The summed E-state index contributed by atoms with van der Waals surface area (Å²) in [4.78, 5) is 8.23. The number of anilines is 1. The molecule has 20 heavy (non-hydrogen) atoms. The summed E-state index contributed by atoms with van der Waals surface area (Å²) in [6.07, 6.45) is 1.43. The lowest BCUT2D eigenvalue weighted by molar-refractivity contribution is 0.369. The van der Waals surface area contributed by atoms with Crippen LogP contribution < -0.4 is 14.8 Å². The Hall–Kier alpha value is -2.01. The Morgan fingerprint density at radius 2 is 2.10 bits per heavy atom. The molecule has 0 spiro atoms. The van der Waals surface area contributed by atoms with E-state index < -0.39 is 0 Å². The van der Waals surface area contributed by atoms with Gasteiger partial charge in [-0.1, -0.05) is 11.6 Å². The van der Waals surface area contributed by atoms with E-state index in [4.69, 9.17) is 21.1 Å². The number of aryl methyl sites for hydroxylation is 1. The third-order valence-electron chi connectivity index (χ3n) is 2.66. The van der Waals surface area contributed by atoms with Crippen molar-refractivity contribution in [1.82, 2.24) is 9.97 Å². The molecule has 2 aromatic rings. The predicted octanol–water partition coefficient (Wildman–Crippen LogP) is 3.67. The Morgan fingerprint density at radius 1 is 1.30 bits per heavy atom. The van der Waals surface area contributed by atoms with E-state index in [-0.39, 0.29) is 0 Å². The van der Waals surface area contributed by atoms with Gasteiger partial charge in [-0.2, -0.15) is 4.98 Å². The number of nitrogens with zero attached hydrogens (tertiary/aromatic N) is 2. The average molecular weight is 294 g/mol. The van der Waals surface area contributed by atoms with E-state index in [9.17, 15) is 0 Å². The molecule has 0 saturated heterocycles. The second-order valence-corrected chi connectivity index (χ2v) is 4.51. The van der Waals surface area contributed by atoms with Gasteiger partial charge in [-0.3, -0.25) is 0 Å². The fourth-order valence-corrected chi connectivity index (χ4v) is 1.82. The molecule has 6 heteroatoms. The van der Waals surface area contributed by atoms with Crippen LogP contribution in [-0.2, 0) is 0 Å². The second-order valence-electron chi connectivity index (χ2n) is 4.10. The molecule has 0 atom stereocenters. The Bertz CT molecular complexity index is 605. The molecule has 1 aromatic carbocycles. The standard InChI is InChI=1S/C14H16ClN3O2/c1-4-16-13-12(19-3)14(18-8-17-13)20-10-5-6-11(15)9(2)7-10/h5-8H,4H2,1-3H3,(H,16,17,18). The van der Waals surface area contributed by atoms with E-state index in [2.05, 4.69) is 15.3 Å². The van der Waals surface area contributed by atoms with Crippen molar-refractivity contribution in [3.63, 3.8) is 0 Å². The lowest BCUT2D eigenvalue weighted by Crippen LogP contribution is -2.04. The zero-order valence-electron chi connectivity index (χ0n) is 11.6. The van der Waals surface area contributed by atoms with Crippen LogP contribution in [0.15, 0.2) is 24.5 Å². The van der Waals surface area contributed by atoms with Crippen LogP contribution in [0.4, 0.5) is 5.82 Å². The summed E-state index contributed by atoms with van der Waals surface area (Å²) >= 11 is 5.99. The van der Waals surface area contributed by atoms with Crippen LogP contribution in [0.3, 0.4) is 0 Å². The molecule has 1 N–H and O–H groups in total. The molecule has 2 rings (SSSR count). The number of nitrogens with one attached hydrogen (secondary N) is 1. The van der Waals surface area contributed by atoms with Crippen molar-refractivity contribution in [3.05, 3.63) is 35.1 Å². The molecule has 5 nitrogen and oxygen atoms in total. The first-order valence-electron chi connectivity index (χ1n) is 6.22. The number of aromatic nitrogens is 2. The van der Waals surface area contributed by atoms with Crippen molar-refractivity contribution < 1.29 is 9.47 Å². The molecular formula is C14H16ClN3O2. The monoisotopic (exact) mass is 293 g/mol. The van der Waals surface area contributed by atoms with Crippen molar-refractivity contribution in [2.45, 2.75) is 13.8 Å². The number of hydrogen-bond donors (Lipinski definition) is 1. The van der Waals surface area contributed by atoms with Crippen molar-refractivity contribution in [1.29, 1.82) is 0 Å². The maximum Gasteiger partial charge on any atom is 0.268 e. The summed E-state index contributed by atoms with van der Waals surface area (Å²) in [7, 11) is 1.56. The zero-order valence-corrected chi connectivity index (χ0v) is 12.4. The van der Waals surface area contributed by atoms with Crippen molar-refractivity contribution >= 4 is 17.4 Å². The van der Waals surface area contributed by atoms with Gasteiger partial charge in [0.1, 0.15) is 12.1 Å². The fraction of sp³-hybridized carbons (Fsp3) is 0.286. The molecule has 106 valence electrons. The van der Waals surface area contributed by atoms with Gasteiger partial charge in [0.2, 0.25) is 5.75 Å². The second kappa shape index (κ2) is 6.43. The first-order valence-corrected chi connectivity index (χ1v) is 6.60.